The largest absolute Gasteiger partial charge is 0.326 e. The first-order chi connectivity index (χ1) is 16.6. The summed E-state index contributed by atoms with van der Waals surface area (Å²) in [6, 6.07) is 8.57. The number of nitrogens with zero attached hydrogens (tertiary/aromatic N) is 3. The first-order valence-corrected chi connectivity index (χ1v) is 12.3. The molecule has 182 valence electrons. The minimum Gasteiger partial charge on any atom is -0.294 e. The molecule has 0 saturated carbocycles. The number of carbonyl (C=O) groups is 2. The highest BCUT2D eigenvalue weighted by molar-refractivity contribution is 6.44. The first-order valence-electron chi connectivity index (χ1n) is 11.5. The maximum Gasteiger partial charge on any atom is 0.326 e. The molecule has 1 aliphatic rings. The molecular formula is C26H27Cl2N4O3+. The van der Waals surface area contributed by atoms with Crippen molar-refractivity contribution in [3.05, 3.63) is 79.9 Å². The van der Waals surface area contributed by atoms with Crippen molar-refractivity contribution < 1.29 is 14.2 Å². The maximum atomic E-state index is 13.8. The van der Waals surface area contributed by atoms with Gasteiger partial charge in [0.05, 0.1) is 21.3 Å². The van der Waals surface area contributed by atoms with Gasteiger partial charge in [-0.15, -0.1) is 0 Å². The number of aromatic amines is 1. The summed E-state index contributed by atoms with van der Waals surface area (Å²) in [5, 5.41) is 3.81. The van der Waals surface area contributed by atoms with Crippen molar-refractivity contribution in [2.24, 2.45) is 5.92 Å². The molecule has 0 aliphatic carbocycles. The third kappa shape index (κ3) is 4.58. The predicted molar refractivity (Wildman–Crippen MR) is 136 cm³/mol. The van der Waals surface area contributed by atoms with Crippen LogP contribution in [0, 0.1) is 12.8 Å². The van der Waals surface area contributed by atoms with Crippen LogP contribution in [0.1, 0.15) is 44.0 Å². The van der Waals surface area contributed by atoms with Crippen LogP contribution >= 0.6 is 23.2 Å². The van der Waals surface area contributed by atoms with Crippen LogP contribution in [0.2, 0.25) is 10.0 Å². The SMILES string of the molecule is CCCc1[nH]n(-c2ccc(Cl)c(Cl)c2)c(=O)c1C1=C([n+]2cccc(C)c2)C(=O)N(CC(C)C)C1=O. The molecule has 2 aromatic heterocycles. The topological polar surface area (TPSA) is 79.1 Å². The zero-order valence-corrected chi connectivity index (χ0v) is 21.6. The van der Waals surface area contributed by atoms with E-state index in [4.69, 9.17) is 23.2 Å². The fraction of sp³-hybridized carbons (Fsp3) is 0.308. The third-order valence-corrected chi connectivity index (χ3v) is 6.51. The molecule has 2 amide bonds. The summed E-state index contributed by atoms with van der Waals surface area (Å²) in [6.45, 7) is 8.02. The molecule has 0 fully saturated rings. The highest BCUT2D eigenvalue weighted by atomic mass is 35.5. The average Bonchev–Trinajstić information content (AvgIpc) is 3.23. The molecule has 0 radical (unpaired) electrons. The van der Waals surface area contributed by atoms with Gasteiger partial charge in [-0.05, 0) is 43.5 Å². The summed E-state index contributed by atoms with van der Waals surface area (Å²) in [7, 11) is 0. The van der Waals surface area contributed by atoms with Crippen LogP contribution in [0.15, 0.2) is 47.5 Å². The molecule has 0 unspecified atom stereocenters. The van der Waals surface area contributed by atoms with E-state index in [9.17, 15) is 14.4 Å². The van der Waals surface area contributed by atoms with Crippen LogP contribution in [0.3, 0.4) is 0 Å². The highest BCUT2D eigenvalue weighted by Gasteiger charge is 2.47. The number of H-pyrrole nitrogens is 1. The lowest BCUT2D eigenvalue weighted by Gasteiger charge is -2.16. The fourth-order valence-corrected chi connectivity index (χ4v) is 4.56. The predicted octanol–water partition coefficient (Wildman–Crippen LogP) is 4.41. The summed E-state index contributed by atoms with van der Waals surface area (Å²) < 4.78 is 2.98. The van der Waals surface area contributed by atoms with Gasteiger partial charge in [-0.2, -0.15) is 4.57 Å². The second kappa shape index (κ2) is 9.84. The Labute approximate surface area is 213 Å². The molecule has 35 heavy (non-hydrogen) atoms. The highest BCUT2D eigenvalue weighted by Crippen LogP contribution is 2.31. The van der Waals surface area contributed by atoms with Gasteiger partial charge < -0.3 is 0 Å². The molecule has 0 saturated heterocycles. The number of hydrogen-bond donors (Lipinski definition) is 1. The average molecular weight is 514 g/mol. The minimum absolute atomic E-state index is 0.0696. The Bertz CT molecular complexity index is 1420. The van der Waals surface area contributed by atoms with Crippen LogP contribution in [0.25, 0.3) is 17.0 Å². The molecule has 1 N–H and O–H groups in total. The fourth-order valence-electron chi connectivity index (χ4n) is 4.27. The number of hydrogen-bond acceptors (Lipinski definition) is 3. The van der Waals surface area contributed by atoms with Gasteiger partial charge in [0.1, 0.15) is 5.57 Å². The molecule has 4 rings (SSSR count). The van der Waals surface area contributed by atoms with Gasteiger partial charge in [0.2, 0.25) is 0 Å². The summed E-state index contributed by atoms with van der Waals surface area (Å²) in [4.78, 5) is 42.3. The van der Waals surface area contributed by atoms with E-state index >= 15 is 0 Å². The number of nitrogens with one attached hydrogen (secondary N) is 1. The van der Waals surface area contributed by atoms with E-state index in [1.54, 1.807) is 41.2 Å². The molecule has 0 atom stereocenters. The van der Waals surface area contributed by atoms with E-state index in [-0.39, 0.29) is 29.3 Å². The number of aryl methyl sites for hydroxylation is 2. The van der Waals surface area contributed by atoms with Crippen molar-refractivity contribution in [1.82, 2.24) is 14.7 Å². The number of aromatic nitrogens is 3. The molecule has 7 nitrogen and oxygen atoms in total. The van der Waals surface area contributed by atoms with Gasteiger partial charge >= 0.3 is 5.91 Å². The molecule has 9 heteroatoms. The number of rotatable bonds is 7. The Morgan fingerprint density at radius 2 is 1.80 bits per heavy atom. The zero-order chi connectivity index (χ0) is 25.4. The van der Waals surface area contributed by atoms with Crippen LogP contribution in [0.5, 0.6) is 0 Å². The van der Waals surface area contributed by atoms with Crippen LogP contribution in [0.4, 0.5) is 0 Å². The molecule has 3 aromatic rings. The summed E-state index contributed by atoms with van der Waals surface area (Å²) in [6.07, 6.45) is 4.74. The van der Waals surface area contributed by atoms with Crippen molar-refractivity contribution in [3.63, 3.8) is 0 Å². The van der Waals surface area contributed by atoms with Crippen LogP contribution in [-0.2, 0) is 16.0 Å². The summed E-state index contributed by atoms with van der Waals surface area (Å²) in [5.74, 6) is -0.818. The van der Waals surface area contributed by atoms with Crippen molar-refractivity contribution in [2.45, 2.75) is 40.5 Å². The number of imide groups is 1. The van der Waals surface area contributed by atoms with Crippen LogP contribution < -0.4 is 10.1 Å². The standard InChI is InChI=1S/C26H26Cl2N4O3/c1-5-7-20-21(25(34)32(29-20)17-9-10-18(27)19(28)12-17)22-23(30-11-6-8-16(4)14-30)26(35)31(24(22)33)13-15(2)3/h6,8-12,14-15H,5,7,13H2,1-4H3/p+1. The molecule has 0 spiro atoms. The van der Waals surface area contributed by atoms with E-state index in [0.29, 0.717) is 27.8 Å². The Kier molecular flexibility index (Phi) is 7.01. The Balaban J connectivity index is 2.01. The third-order valence-electron chi connectivity index (χ3n) is 5.77. The maximum absolute atomic E-state index is 13.8. The van der Waals surface area contributed by atoms with Gasteiger partial charge in [0.25, 0.3) is 17.2 Å². The Morgan fingerprint density at radius 1 is 1.06 bits per heavy atom. The number of halogens is 2. The zero-order valence-electron chi connectivity index (χ0n) is 20.1. The van der Waals surface area contributed by atoms with Gasteiger partial charge in [-0.25, -0.2) is 4.68 Å². The first kappa shape index (κ1) is 24.9. The Hall–Kier alpha value is -3.16. The lowest BCUT2D eigenvalue weighted by atomic mass is 10.0. The number of pyridine rings is 1. The van der Waals surface area contributed by atoms with Gasteiger partial charge in [-0.1, -0.05) is 50.4 Å². The van der Waals surface area contributed by atoms with E-state index in [1.165, 1.54) is 9.58 Å². The normalized spacial score (nSPS) is 14.1. The number of carbonyl (C=O) groups excluding carboxylic acids is 2. The van der Waals surface area contributed by atoms with Crippen LogP contribution in [-0.4, -0.2) is 33.0 Å². The molecular weight excluding hydrogens is 487 g/mol. The molecule has 1 aliphatic heterocycles. The molecule has 0 bridgehead atoms. The molecule has 3 heterocycles. The second-order valence-electron chi connectivity index (χ2n) is 9.08. The molecule has 1 aromatic carbocycles. The lowest BCUT2D eigenvalue weighted by molar-refractivity contribution is -0.577. The summed E-state index contributed by atoms with van der Waals surface area (Å²) in [5.41, 5.74) is 2.03. The number of amides is 2. The lowest BCUT2D eigenvalue weighted by Crippen LogP contribution is -2.41. The van der Waals surface area contributed by atoms with E-state index < -0.39 is 17.4 Å². The van der Waals surface area contributed by atoms with Gasteiger partial charge in [0, 0.05) is 23.9 Å². The van der Waals surface area contributed by atoms with Crippen molar-refractivity contribution in [2.75, 3.05) is 6.54 Å². The van der Waals surface area contributed by atoms with E-state index in [2.05, 4.69) is 5.10 Å². The summed E-state index contributed by atoms with van der Waals surface area (Å²) >= 11 is 12.3. The van der Waals surface area contributed by atoms with Gasteiger partial charge in [-0.3, -0.25) is 24.4 Å². The monoisotopic (exact) mass is 513 g/mol. The van der Waals surface area contributed by atoms with E-state index in [0.717, 1.165) is 12.0 Å². The Morgan fingerprint density at radius 3 is 2.43 bits per heavy atom. The second-order valence-corrected chi connectivity index (χ2v) is 9.90. The van der Waals surface area contributed by atoms with Gasteiger partial charge in [0.15, 0.2) is 12.4 Å². The van der Waals surface area contributed by atoms with Crippen molar-refractivity contribution in [3.8, 4) is 5.69 Å². The quantitative estimate of drug-likeness (QED) is 0.375. The van der Waals surface area contributed by atoms with Crippen molar-refractivity contribution >= 4 is 46.3 Å². The minimum atomic E-state index is -0.470. The van der Waals surface area contributed by atoms with Crippen molar-refractivity contribution in [1.29, 1.82) is 0 Å². The van der Waals surface area contributed by atoms with E-state index in [1.807, 2.05) is 33.8 Å². The smallest absolute Gasteiger partial charge is 0.294 e. The number of benzene rings is 1.